The van der Waals surface area contributed by atoms with Crippen LogP contribution in [0.1, 0.15) is 48.1 Å². The fourth-order valence-electron chi connectivity index (χ4n) is 3.93. The van der Waals surface area contributed by atoms with E-state index in [1.165, 1.54) is 16.9 Å². The number of amides is 1. The Morgan fingerprint density at radius 1 is 1.30 bits per heavy atom. The Hall–Kier alpha value is -2.06. The van der Waals surface area contributed by atoms with Gasteiger partial charge < -0.3 is 11.1 Å². The molecule has 0 fully saturated rings. The summed E-state index contributed by atoms with van der Waals surface area (Å²) in [5.74, 6) is -1.59. The molecule has 1 aromatic carbocycles. The third kappa shape index (κ3) is 3.83. The molecule has 1 atom stereocenters. The number of nitrogen functional groups attached to an aromatic ring is 1. The van der Waals surface area contributed by atoms with E-state index in [0.717, 1.165) is 42.5 Å². The maximum absolute atomic E-state index is 14.1. The minimum absolute atomic E-state index is 0.120. The van der Waals surface area contributed by atoms with Gasteiger partial charge in [0.05, 0.1) is 11.4 Å². The highest BCUT2D eigenvalue weighted by atomic mass is 79.9. The fraction of sp³-hybridized carbons (Fsp3) is 0.364. The molecule has 0 radical (unpaired) electrons. The summed E-state index contributed by atoms with van der Waals surface area (Å²) in [7, 11) is 0. The van der Waals surface area contributed by atoms with Gasteiger partial charge in [-0.25, -0.2) is 13.8 Å². The van der Waals surface area contributed by atoms with Crippen LogP contribution < -0.4 is 11.1 Å². The van der Waals surface area contributed by atoms with E-state index in [1.807, 2.05) is 6.07 Å². The van der Waals surface area contributed by atoms with Crippen molar-refractivity contribution in [2.24, 2.45) is 11.3 Å². The van der Waals surface area contributed by atoms with Crippen LogP contribution in [0.5, 0.6) is 0 Å². The number of thiophene rings is 1. The Labute approximate surface area is 186 Å². The number of carbonyl (C=O) groups excluding carboxylic acids is 1. The summed E-state index contributed by atoms with van der Waals surface area (Å²) in [6.07, 6.45) is 2.92. The lowest BCUT2D eigenvalue weighted by Gasteiger charge is -2.34. The molecule has 1 amide bonds. The second-order valence-corrected chi connectivity index (χ2v) is 10.6. The van der Waals surface area contributed by atoms with Gasteiger partial charge in [0.1, 0.15) is 15.5 Å². The zero-order chi connectivity index (χ0) is 21.8. The van der Waals surface area contributed by atoms with E-state index in [2.05, 4.69) is 42.0 Å². The maximum atomic E-state index is 14.1. The molecule has 0 bridgehead atoms. The molecule has 0 aliphatic heterocycles. The first-order valence-electron chi connectivity index (χ1n) is 9.71. The summed E-state index contributed by atoms with van der Waals surface area (Å²) in [6, 6.07) is 3.86. The monoisotopic (exact) mass is 493 g/mol. The van der Waals surface area contributed by atoms with Crippen molar-refractivity contribution in [2.45, 2.75) is 40.0 Å². The Balaban J connectivity index is 1.68. The van der Waals surface area contributed by atoms with Crippen LogP contribution in [0.15, 0.2) is 22.7 Å². The van der Waals surface area contributed by atoms with Gasteiger partial charge in [-0.05, 0) is 64.2 Å². The van der Waals surface area contributed by atoms with Crippen LogP contribution in [-0.2, 0) is 12.8 Å². The minimum atomic E-state index is -0.864. The number of hydrogen-bond donors (Lipinski definition) is 2. The largest absolute Gasteiger partial charge is 0.397 e. The molecule has 1 aliphatic rings. The number of anilines is 2. The van der Waals surface area contributed by atoms with Crippen molar-refractivity contribution in [3.8, 4) is 0 Å². The second kappa shape index (κ2) is 7.57. The van der Waals surface area contributed by atoms with Gasteiger partial charge in [0.25, 0.3) is 5.91 Å². The Morgan fingerprint density at radius 3 is 2.70 bits per heavy atom. The van der Waals surface area contributed by atoms with Crippen molar-refractivity contribution in [1.29, 1.82) is 0 Å². The second-order valence-electron chi connectivity index (χ2n) is 8.80. The summed E-state index contributed by atoms with van der Waals surface area (Å²) >= 11 is 4.27. The molecule has 2 aromatic heterocycles. The molecule has 8 heteroatoms. The average Bonchev–Trinajstić information content (AvgIpc) is 2.97. The third-order valence-corrected chi connectivity index (χ3v) is 7.50. The Bertz CT molecular complexity index is 1150. The van der Waals surface area contributed by atoms with Crippen molar-refractivity contribution in [3.63, 3.8) is 0 Å². The number of benzene rings is 1. The van der Waals surface area contributed by atoms with E-state index in [0.29, 0.717) is 16.4 Å². The number of nitrogens with two attached hydrogens (primary N) is 1. The van der Waals surface area contributed by atoms with Crippen molar-refractivity contribution in [3.05, 3.63) is 50.4 Å². The van der Waals surface area contributed by atoms with Crippen molar-refractivity contribution in [1.82, 2.24) is 4.98 Å². The first-order chi connectivity index (χ1) is 14.0. The molecule has 4 rings (SSSR count). The zero-order valence-electron chi connectivity index (χ0n) is 16.9. The van der Waals surface area contributed by atoms with Gasteiger partial charge in [0, 0.05) is 21.6 Å². The van der Waals surface area contributed by atoms with E-state index >= 15 is 0 Å². The molecule has 0 unspecified atom stereocenters. The highest BCUT2D eigenvalue weighted by molar-refractivity contribution is 9.10. The minimum Gasteiger partial charge on any atom is -0.397 e. The molecule has 3 aromatic rings. The number of aromatic nitrogens is 1. The van der Waals surface area contributed by atoms with Crippen LogP contribution in [0.3, 0.4) is 0 Å². The lowest BCUT2D eigenvalue weighted by molar-refractivity contribution is 0.103. The number of hydrogen-bond acceptors (Lipinski definition) is 4. The molecule has 3 N–H and O–H groups in total. The van der Waals surface area contributed by atoms with Crippen molar-refractivity contribution in [2.75, 3.05) is 11.1 Å². The third-order valence-electron chi connectivity index (χ3n) is 5.76. The van der Waals surface area contributed by atoms with Crippen LogP contribution in [0.25, 0.3) is 10.2 Å². The lowest BCUT2D eigenvalue weighted by Crippen LogP contribution is -2.27. The van der Waals surface area contributed by atoms with Gasteiger partial charge >= 0.3 is 0 Å². The normalized spacial score (nSPS) is 16.5. The molecule has 1 aliphatic carbocycles. The van der Waals surface area contributed by atoms with Gasteiger partial charge in [-0.2, -0.15) is 0 Å². The number of nitrogens with one attached hydrogen (secondary N) is 1. The van der Waals surface area contributed by atoms with Crippen molar-refractivity contribution < 1.29 is 13.6 Å². The van der Waals surface area contributed by atoms with E-state index < -0.39 is 17.5 Å². The van der Waals surface area contributed by atoms with Gasteiger partial charge in [0.2, 0.25) is 0 Å². The Kier molecular flexibility index (Phi) is 5.34. The quantitative estimate of drug-likeness (QED) is 0.438. The van der Waals surface area contributed by atoms with Crippen LogP contribution >= 0.6 is 27.3 Å². The first-order valence-corrected chi connectivity index (χ1v) is 11.3. The molecule has 0 saturated heterocycles. The van der Waals surface area contributed by atoms with Crippen molar-refractivity contribution >= 4 is 54.8 Å². The summed E-state index contributed by atoms with van der Waals surface area (Å²) in [5.41, 5.74) is 8.95. The lowest BCUT2D eigenvalue weighted by atomic mass is 9.71. The van der Waals surface area contributed by atoms with Crippen LogP contribution in [0, 0.1) is 23.0 Å². The van der Waals surface area contributed by atoms with E-state index in [4.69, 9.17) is 10.7 Å². The Morgan fingerprint density at radius 2 is 2.03 bits per heavy atom. The van der Waals surface area contributed by atoms with Gasteiger partial charge in [0.15, 0.2) is 5.82 Å². The number of carbonyl (C=O) groups is 1. The van der Waals surface area contributed by atoms with E-state index in [1.54, 1.807) is 0 Å². The topological polar surface area (TPSA) is 68.0 Å². The standard InChI is InChI=1S/C22H22BrF2N3OS/c1-22(2,3)11-4-5-16-10(6-11)7-13-17(26)19(30-21(13)27-16)20(29)28-18-14(23)8-12(24)9-15(18)25/h7-9,11H,4-6,26H2,1-3H3,(H,28,29)/t11-/m0/s1. The van der Waals surface area contributed by atoms with Crippen LogP contribution in [-0.4, -0.2) is 10.9 Å². The smallest absolute Gasteiger partial charge is 0.268 e. The number of halogens is 3. The molecule has 2 heterocycles. The number of fused-ring (bicyclic) bond motifs is 2. The average molecular weight is 494 g/mol. The molecular weight excluding hydrogens is 472 g/mol. The molecule has 0 spiro atoms. The summed E-state index contributed by atoms with van der Waals surface area (Å²) in [5, 5.41) is 3.24. The predicted octanol–water partition coefficient (Wildman–Crippen LogP) is 6.32. The molecule has 158 valence electrons. The molecule has 4 nitrogen and oxygen atoms in total. The molecule has 30 heavy (non-hydrogen) atoms. The number of aryl methyl sites for hydroxylation is 1. The zero-order valence-corrected chi connectivity index (χ0v) is 19.3. The number of pyridine rings is 1. The molecular formula is C22H22BrF2N3OS. The van der Waals surface area contributed by atoms with Gasteiger partial charge in [-0.3, -0.25) is 4.79 Å². The number of rotatable bonds is 2. The van der Waals surface area contributed by atoms with E-state index in [-0.39, 0.29) is 20.5 Å². The highest BCUT2D eigenvalue weighted by Crippen LogP contribution is 2.40. The number of nitrogens with zero attached hydrogens (tertiary/aromatic N) is 1. The predicted molar refractivity (Wildman–Crippen MR) is 121 cm³/mol. The van der Waals surface area contributed by atoms with Crippen LogP contribution in [0.4, 0.5) is 20.2 Å². The summed E-state index contributed by atoms with van der Waals surface area (Å²) in [4.78, 5) is 18.5. The SMILES string of the molecule is CC(C)(C)[C@H]1CCc2nc3sc(C(=O)Nc4c(F)cc(F)cc4Br)c(N)c3cc2C1. The van der Waals surface area contributed by atoms with E-state index in [9.17, 15) is 13.6 Å². The van der Waals surface area contributed by atoms with Gasteiger partial charge in [-0.15, -0.1) is 11.3 Å². The van der Waals surface area contributed by atoms with Crippen LogP contribution in [0.2, 0.25) is 0 Å². The first kappa shape index (κ1) is 21.2. The maximum Gasteiger partial charge on any atom is 0.268 e. The molecule has 0 saturated carbocycles. The van der Waals surface area contributed by atoms with Gasteiger partial charge in [-0.1, -0.05) is 20.8 Å². The fourth-order valence-corrected chi connectivity index (χ4v) is 5.43. The summed E-state index contributed by atoms with van der Waals surface area (Å²) < 4.78 is 27.5. The highest BCUT2D eigenvalue weighted by Gasteiger charge is 2.30. The summed E-state index contributed by atoms with van der Waals surface area (Å²) in [6.45, 7) is 6.76.